The summed E-state index contributed by atoms with van der Waals surface area (Å²) in [5.41, 5.74) is -1.08. The van der Waals surface area contributed by atoms with Crippen molar-refractivity contribution in [2.75, 3.05) is 11.5 Å². The summed E-state index contributed by atoms with van der Waals surface area (Å²) in [6.07, 6.45) is 6.46. The molecule has 1 saturated heterocycles. The minimum atomic E-state index is -1.08. The maximum Gasteiger partial charge on any atom is 0.253 e. The zero-order chi connectivity index (χ0) is 10.7. The number of aliphatic hydroxyl groups is 1. The smallest absolute Gasteiger partial charge is 0.253 e. The normalized spacial score (nSPS) is 32.9. The summed E-state index contributed by atoms with van der Waals surface area (Å²) in [6.45, 7) is 0. The third-order valence-electron chi connectivity index (χ3n) is 3.36. The minimum absolute atomic E-state index is 0.139. The lowest BCUT2D eigenvalue weighted by Gasteiger charge is -2.27. The van der Waals surface area contributed by atoms with Crippen LogP contribution in [0.1, 0.15) is 38.5 Å². The predicted molar refractivity (Wildman–Crippen MR) is 61.9 cm³/mol. The van der Waals surface area contributed by atoms with Gasteiger partial charge in [-0.15, -0.1) is 0 Å². The van der Waals surface area contributed by atoms with Gasteiger partial charge in [-0.3, -0.25) is 4.79 Å². The molecule has 0 spiro atoms. The average molecular weight is 229 g/mol. The molecule has 0 bridgehead atoms. The first-order valence-corrected chi connectivity index (χ1v) is 6.97. The van der Waals surface area contributed by atoms with Gasteiger partial charge in [0.2, 0.25) is 0 Å². The van der Waals surface area contributed by atoms with Crippen molar-refractivity contribution in [3.8, 4) is 0 Å². The average Bonchev–Trinajstić information content (AvgIpc) is 2.68. The molecule has 3 nitrogen and oxygen atoms in total. The summed E-state index contributed by atoms with van der Waals surface area (Å²) >= 11 is 1.66. The predicted octanol–water partition coefficient (Wildman–Crippen LogP) is 1.30. The third kappa shape index (κ3) is 2.67. The minimum Gasteiger partial charge on any atom is -0.379 e. The Morgan fingerprint density at radius 2 is 2.07 bits per heavy atom. The molecule has 2 fully saturated rings. The van der Waals surface area contributed by atoms with E-state index >= 15 is 0 Å². The molecule has 86 valence electrons. The number of amides is 1. The summed E-state index contributed by atoms with van der Waals surface area (Å²) < 4.78 is 0. The molecule has 1 aliphatic carbocycles. The van der Waals surface area contributed by atoms with Gasteiger partial charge in [0.15, 0.2) is 5.60 Å². The molecule has 0 aromatic heterocycles. The van der Waals surface area contributed by atoms with E-state index in [1.54, 1.807) is 11.8 Å². The molecule has 4 heteroatoms. The third-order valence-corrected chi connectivity index (χ3v) is 4.54. The van der Waals surface area contributed by atoms with Crippen molar-refractivity contribution in [3.05, 3.63) is 0 Å². The SMILES string of the molecule is O=C(NC1CCCCC1)C1(O)CCSC1. The van der Waals surface area contributed by atoms with Crippen molar-refractivity contribution in [2.24, 2.45) is 0 Å². The zero-order valence-corrected chi connectivity index (χ0v) is 9.81. The molecule has 2 rings (SSSR count). The lowest BCUT2D eigenvalue weighted by atomic mass is 9.94. The Morgan fingerprint density at radius 1 is 1.33 bits per heavy atom. The van der Waals surface area contributed by atoms with Crippen LogP contribution in [0, 0.1) is 0 Å². The number of nitrogens with one attached hydrogen (secondary N) is 1. The largest absolute Gasteiger partial charge is 0.379 e. The number of hydrogen-bond acceptors (Lipinski definition) is 3. The molecular formula is C11H19NO2S. The van der Waals surface area contributed by atoms with E-state index in [2.05, 4.69) is 5.32 Å². The van der Waals surface area contributed by atoms with Gasteiger partial charge in [-0.1, -0.05) is 19.3 Å². The van der Waals surface area contributed by atoms with Gasteiger partial charge < -0.3 is 10.4 Å². The van der Waals surface area contributed by atoms with Crippen LogP contribution in [0.15, 0.2) is 0 Å². The Balaban J connectivity index is 1.85. The first kappa shape index (κ1) is 11.3. The molecule has 1 saturated carbocycles. The maximum absolute atomic E-state index is 11.9. The quantitative estimate of drug-likeness (QED) is 0.750. The molecular weight excluding hydrogens is 210 g/mol. The molecule has 2 N–H and O–H groups in total. The van der Waals surface area contributed by atoms with E-state index in [4.69, 9.17) is 0 Å². The van der Waals surface area contributed by atoms with E-state index in [1.165, 1.54) is 19.3 Å². The van der Waals surface area contributed by atoms with Crippen molar-refractivity contribution in [3.63, 3.8) is 0 Å². The number of carbonyl (C=O) groups excluding carboxylic acids is 1. The molecule has 1 unspecified atom stereocenters. The summed E-state index contributed by atoms with van der Waals surface area (Å²) in [7, 11) is 0. The summed E-state index contributed by atoms with van der Waals surface area (Å²) in [4.78, 5) is 11.9. The van der Waals surface area contributed by atoms with E-state index in [1.807, 2.05) is 0 Å². The lowest BCUT2D eigenvalue weighted by molar-refractivity contribution is -0.138. The summed E-state index contributed by atoms with van der Waals surface area (Å²) in [5, 5.41) is 13.1. The monoisotopic (exact) mass is 229 g/mol. The molecule has 1 amide bonds. The van der Waals surface area contributed by atoms with Crippen molar-refractivity contribution in [1.82, 2.24) is 5.32 Å². The number of hydrogen-bond donors (Lipinski definition) is 2. The van der Waals surface area contributed by atoms with Gasteiger partial charge in [0.1, 0.15) is 0 Å². The van der Waals surface area contributed by atoms with Crippen molar-refractivity contribution < 1.29 is 9.90 Å². The van der Waals surface area contributed by atoms with Gasteiger partial charge in [0.25, 0.3) is 5.91 Å². The highest BCUT2D eigenvalue weighted by atomic mass is 32.2. The van der Waals surface area contributed by atoms with Gasteiger partial charge in [-0.25, -0.2) is 0 Å². The van der Waals surface area contributed by atoms with Gasteiger partial charge in [0, 0.05) is 11.8 Å². The van der Waals surface area contributed by atoms with Crippen LogP contribution in [-0.2, 0) is 4.79 Å². The number of rotatable bonds is 2. The van der Waals surface area contributed by atoms with E-state index in [-0.39, 0.29) is 5.91 Å². The van der Waals surface area contributed by atoms with Crippen LogP contribution in [0.3, 0.4) is 0 Å². The topological polar surface area (TPSA) is 49.3 Å². The summed E-state index contributed by atoms with van der Waals surface area (Å²) in [5.74, 6) is 1.32. The number of carbonyl (C=O) groups is 1. The molecule has 1 aliphatic heterocycles. The van der Waals surface area contributed by atoms with Crippen LogP contribution < -0.4 is 5.32 Å². The van der Waals surface area contributed by atoms with E-state index in [9.17, 15) is 9.90 Å². The Hall–Kier alpha value is -0.220. The second-order valence-corrected chi connectivity index (χ2v) is 5.75. The Labute approximate surface area is 95.0 Å². The molecule has 0 aromatic carbocycles. The van der Waals surface area contributed by atoms with Gasteiger partial charge in [0.05, 0.1) is 0 Å². The van der Waals surface area contributed by atoms with E-state index in [0.29, 0.717) is 18.2 Å². The van der Waals surface area contributed by atoms with Gasteiger partial charge in [-0.05, 0) is 25.0 Å². The lowest BCUT2D eigenvalue weighted by Crippen LogP contribution is -2.50. The number of thioether (sulfide) groups is 1. The molecule has 1 heterocycles. The second kappa shape index (κ2) is 4.74. The van der Waals surface area contributed by atoms with Crippen LogP contribution >= 0.6 is 11.8 Å². The highest BCUT2D eigenvalue weighted by Gasteiger charge is 2.40. The van der Waals surface area contributed by atoms with Crippen LogP contribution in [0.2, 0.25) is 0 Å². The van der Waals surface area contributed by atoms with Gasteiger partial charge in [-0.2, -0.15) is 11.8 Å². The fourth-order valence-corrected chi connectivity index (χ4v) is 3.54. The van der Waals surface area contributed by atoms with Crippen LogP contribution in [0.5, 0.6) is 0 Å². The fraction of sp³-hybridized carbons (Fsp3) is 0.909. The standard InChI is InChI=1S/C11H19NO2S/c13-10(11(14)6-7-15-8-11)12-9-4-2-1-3-5-9/h9,14H,1-8H2,(H,12,13). The highest BCUT2D eigenvalue weighted by Crippen LogP contribution is 2.28. The Bertz CT molecular complexity index is 233. The van der Waals surface area contributed by atoms with Crippen LogP contribution in [0.4, 0.5) is 0 Å². The molecule has 15 heavy (non-hydrogen) atoms. The van der Waals surface area contributed by atoms with E-state index in [0.717, 1.165) is 18.6 Å². The Kier molecular flexibility index (Phi) is 3.57. The first-order valence-electron chi connectivity index (χ1n) is 5.82. The zero-order valence-electron chi connectivity index (χ0n) is 9.00. The van der Waals surface area contributed by atoms with E-state index < -0.39 is 5.60 Å². The molecule has 1 atom stereocenters. The van der Waals surface area contributed by atoms with Crippen molar-refractivity contribution in [1.29, 1.82) is 0 Å². The molecule has 0 aromatic rings. The van der Waals surface area contributed by atoms with Crippen LogP contribution in [-0.4, -0.2) is 34.2 Å². The second-order valence-electron chi connectivity index (χ2n) is 4.64. The fourth-order valence-electron chi connectivity index (χ4n) is 2.30. The first-order chi connectivity index (χ1) is 7.21. The molecule has 0 radical (unpaired) electrons. The Morgan fingerprint density at radius 3 is 2.67 bits per heavy atom. The summed E-state index contributed by atoms with van der Waals surface area (Å²) in [6, 6.07) is 0.306. The van der Waals surface area contributed by atoms with Gasteiger partial charge >= 0.3 is 0 Å². The highest BCUT2D eigenvalue weighted by molar-refractivity contribution is 7.99. The van der Waals surface area contributed by atoms with Crippen molar-refractivity contribution >= 4 is 17.7 Å². The van der Waals surface area contributed by atoms with Crippen LogP contribution in [0.25, 0.3) is 0 Å². The van der Waals surface area contributed by atoms with Crippen molar-refractivity contribution in [2.45, 2.75) is 50.2 Å². The molecule has 2 aliphatic rings. The maximum atomic E-state index is 11.9.